The van der Waals surface area contributed by atoms with Crippen LogP contribution in [0.3, 0.4) is 0 Å². The molecule has 2 aromatic carbocycles. The molecule has 39 heavy (non-hydrogen) atoms. The number of piperazine rings is 1. The van der Waals surface area contributed by atoms with Crippen molar-refractivity contribution < 1.29 is 23.5 Å². The SMILES string of the molecule is CCOC(=O)C1=C(CN2CCN(C(=O)c3cccc(F)c3)CC2)N(C)C(=O)N[C@@H]1c1ccc(C(C)(C)C)cc1. The molecule has 1 fully saturated rings. The molecule has 8 nitrogen and oxygen atoms in total. The summed E-state index contributed by atoms with van der Waals surface area (Å²) in [7, 11) is 1.65. The van der Waals surface area contributed by atoms with Gasteiger partial charge in [0.25, 0.3) is 5.91 Å². The average molecular weight is 537 g/mol. The number of esters is 1. The molecule has 0 radical (unpaired) electrons. The molecule has 2 heterocycles. The van der Waals surface area contributed by atoms with Crippen LogP contribution in [0.1, 0.15) is 55.2 Å². The third-order valence-electron chi connectivity index (χ3n) is 7.29. The fourth-order valence-corrected chi connectivity index (χ4v) is 4.95. The van der Waals surface area contributed by atoms with Crippen LogP contribution in [-0.4, -0.2) is 79.0 Å². The third-order valence-corrected chi connectivity index (χ3v) is 7.29. The summed E-state index contributed by atoms with van der Waals surface area (Å²) in [5.74, 6) is -1.13. The van der Waals surface area contributed by atoms with Gasteiger partial charge in [0.15, 0.2) is 0 Å². The Morgan fingerprint density at radius 1 is 1.05 bits per heavy atom. The van der Waals surface area contributed by atoms with Crippen molar-refractivity contribution in [2.24, 2.45) is 0 Å². The van der Waals surface area contributed by atoms with Gasteiger partial charge in [-0.05, 0) is 41.7 Å². The second kappa shape index (κ2) is 11.6. The zero-order chi connectivity index (χ0) is 28.3. The third kappa shape index (κ3) is 6.30. The topological polar surface area (TPSA) is 82.2 Å². The second-order valence-electron chi connectivity index (χ2n) is 11.0. The number of hydrogen-bond acceptors (Lipinski definition) is 5. The van der Waals surface area contributed by atoms with E-state index in [0.717, 1.165) is 11.1 Å². The summed E-state index contributed by atoms with van der Waals surface area (Å²) in [4.78, 5) is 44.4. The molecule has 2 aromatic rings. The molecule has 208 valence electrons. The number of urea groups is 1. The Hall–Kier alpha value is -3.72. The Labute approximate surface area is 229 Å². The molecule has 0 bridgehead atoms. The lowest BCUT2D eigenvalue weighted by atomic mass is 9.85. The van der Waals surface area contributed by atoms with Gasteiger partial charge in [0.2, 0.25) is 0 Å². The maximum absolute atomic E-state index is 13.6. The van der Waals surface area contributed by atoms with Gasteiger partial charge in [-0.3, -0.25) is 14.6 Å². The van der Waals surface area contributed by atoms with E-state index in [1.54, 1.807) is 24.9 Å². The average Bonchev–Trinajstić information content (AvgIpc) is 2.91. The van der Waals surface area contributed by atoms with E-state index >= 15 is 0 Å². The van der Waals surface area contributed by atoms with Gasteiger partial charge >= 0.3 is 12.0 Å². The molecule has 1 atom stereocenters. The lowest BCUT2D eigenvalue weighted by Gasteiger charge is -2.39. The predicted molar refractivity (Wildman–Crippen MR) is 147 cm³/mol. The van der Waals surface area contributed by atoms with Crippen LogP contribution in [-0.2, 0) is 14.9 Å². The van der Waals surface area contributed by atoms with E-state index in [0.29, 0.717) is 49.6 Å². The molecular formula is C30H37FN4O4. The molecule has 1 saturated heterocycles. The van der Waals surface area contributed by atoms with Gasteiger partial charge in [-0.2, -0.15) is 0 Å². The van der Waals surface area contributed by atoms with Crippen molar-refractivity contribution >= 4 is 17.9 Å². The molecule has 1 N–H and O–H groups in total. The highest BCUT2D eigenvalue weighted by Gasteiger charge is 2.38. The van der Waals surface area contributed by atoms with Crippen LogP contribution < -0.4 is 5.32 Å². The second-order valence-corrected chi connectivity index (χ2v) is 11.0. The Bertz CT molecular complexity index is 1260. The minimum Gasteiger partial charge on any atom is -0.463 e. The number of halogens is 1. The monoisotopic (exact) mass is 536 g/mol. The summed E-state index contributed by atoms with van der Waals surface area (Å²) in [6.45, 7) is 10.7. The number of amides is 3. The van der Waals surface area contributed by atoms with Crippen LogP contribution in [0.15, 0.2) is 59.8 Å². The molecular weight excluding hydrogens is 499 g/mol. The van der Waals surface area contributed by atoms with E-state index in [4.69, 9.17) is 4.74 Å². The van der Waals surface area contributed by atoms with Gasteiger partial charge in [0.05, 0.1) is 18.2 Å². The highest BCUT2D eigenvalue weighted by molar-refractivity contribution is 5.95. The first kappa shape index (κ1) is 28.3. The van der Waals surface area contributed by atoms with E-state index in [1.165, 1.54) is 23.1 Å². The smallest absolute Gasteiger partial charge is 0.338 e. The predicted octanol–water partition coefficient (Wildman–Crippen LogP) is 4.09. The zero-order valence-electron chi connectivity index (χ0n) is 23.3. The summed E-state index contributed by atoms with van der Waals surface area (Å²) >= 11 is 0. The molecule has 4 rings (SSSR count). The van der Waals surface area contributed by atoms with Crippen molar-refractivity contribution in [3.8, 4) is 0 Å². The van der Waals surface area contributed by atoms with Gasteiger partial charge in [-0.1, -0.05) is 51.1 Å². The van der Waals surface area contributed by atoms with E-state index in [-0.39, 0.29) is 24.0 Å². The highest BCUT2D eigenvalue weighted by atomic mass is 19.1. The highest BCUT2D eigenvalue weighted by Crippen LogP contribution is 2.33. The molecule has 9 heteroatoms. The van der Waals surface area contributed by atoms with Gasteiger partial charge in [0.1, 0.15) is 5.82 Å². The van der Waals surface area contributed by atoms with Gasteiger partial charge in [0, 0.05) is 51.0 Å². The number of ether oxygens (including phenoxy) is 1. The van der Waals surface area contributed by atoms with Crippen molar-refractivity contribution in [3.63, 3.8) is 0 Å². The number of carbonyl (C=O) groups excluding carboxylic acids is 3. The minimum atomic E-state index is -0.646. The first-order valence-electron chi connectivity index (χ1n) is 13.3. The number of likely N-dealkylation sites (N-methyl/N-ethyl adjacent to an activating group) is 1. The Balaban J connectivity index is 1.58. The Kier molecular flexibility index (Phi) is 8.39. The number of rotatable bonds is 6. The fraction of sp³-hybridized carbons (Fsp3) is 0.433. The molecule has 0 aliphatic carbocycles. The van der Waals surface area contributed by atoms with Crippen LogP contribution in [0.4, 0.5) is 9.18 Å². The first-order chi connectivity index (χ1) is 18.5. The number of hydrogen-bond donors (Lipinski definition) is 1. The number of nitrogens with zero attached hydrogens (tertiary/aromatic N) is 3. The summed E-state index contributed by atoms with van der Waals surface area (Å²) < 4.78 is 19.1. The Morgan fingerprint density at radius 2 is 1.72 bits per heavy atom. The Morgan fingerprint density at radius 3 is 2.31 bits per heavy atom. The summed E-state index contributed by atoms with van der Waals surface area (Å²) in [5, 5.41) is 2.97. The molecule has 2 aliphatic heterocycles. The summed E-state index contributed by atoms with van der Waals surface area (Å²) in [6.07, 6.45) is 0. The van der Waals surface area contributed by atoms with Crippen molar-refractivity contribution in [1.82, 2.24) is 20.0 Å². The molecule has 3 amide bonds. The normalized spacial score (nSPS) is 18.7. The van der Waals surface area contributed by atoms with Gasteiger partial charge in [-0.25, -0.2) is 14.0 Å². The first-order valence-corrected chi connectivity index (χ1v) is 13.3. The van der Waals surface area contributed by atoms with Gasteiger partial charge in [-0.15, -0.1) is 0 Å². The molecule has 0 saturated carbocycles. The fourth-order valence-electron chi connectivity index (χ4n) is 4.95. The van der Waals surface area contributed by atoms with Crippen LogP contribution in [0, 0.1) is 5.82 Å². The van der Waals surface area contributed by atoms with E-state index in [1.807, 2.05) is 24.3 Å². The minimum absolute atomic E-state index is 0.0300. The van der Waals surface area contributed by atoms with E-state index in [2.05, 4.69) is 31.0 Å². The maximum Gasteiger partial charge on any atom is 0.338 e. The van der Waals surface area contributed by atoms with E-state index in [9.17, 15) is 18.8 Å². The zero-order valence-corrected chi connectivity index (χ0v) is 23.3. The molecule has 2 aliphatic rings. The number of carbonyl (C=O) groups is 3. The number of benzene rings is 2. The van der Waals surface area contributed by atoms with Crippen LogP contribution in [0.5, 0.6) is 0 Å². The standard InChI is InChI=1S/C30H37FN4O4/c1-6-39-28(37)25-24(19-34-14-16-35(17-15-34)27(36)21-8-7-9-23(31)18-21)33(5)29(38)32-26(25)20-10-12-22(13-11-20)30(2,3)4/h7-13,18,26H,6,14-17,19H2,1-5H3,(H,32,38)/t26-/m1/s1. The van der Waals surface area contributed by atoms with E-state index < -0.39 is 17.8 Å². The van der Waals surface area contributed by atoms with Crippen LogP contribution >= 0.6 is 0 Å². The van der Waals surface area contributed by atoms with Crippen molar-refractivity contribution in [1.29, 1.82) is 0 Å². The summed E-state index contributed by atoms with van der Waals surface area (Å²) in [6, 6.07) is 12.7. The largest absolute Gasteiger partial charge is 0.463 e. The lowest BCUT2D eigenvalue weighted by molar-refractivity contribution is -0.139. The van der Waals surface area contributed by atoms with Gasteiger partial charge < -0.3 is 15.0 Å². The number of nitrogens with one attached hydrogen (secondary N) is 1. The van der Waals surface area contributed by atoms with Crippen LogP contribution in [0.2, 0.25) is 0 Å². The molecule has 0 aromatic heterocycles. The lowest BCUT2D eigenvalue weighted by Crippen LogP contribution is -2.53. The van der Waals surface area contributed by atoms with Crippen LogP contribution in [0.25, 0.3) is 0 Å². The maximum atomic E-state index is 13.6. The quantitative estimate of drug-likeness (QED) is 0.563. The van der Waals surface area contributed by atoms with Crippen molar-refractivity contribution in [2.45, 2.75) is 39.2 Å². The van der Waals surface area contributed by atoms with Crippen molar-refractivity contribution in [3.05, 3.63) is 82.3 Å². The summed E-state index contributed by atoms with van der Waals surface area (Å²) in [5.41, 5.74) is 3.22. The molecule has 0 spiro atoms. The van der Waals surface area contributed by atoms with Crippen molar-refractivity contribution in [2.75, 3.05) is 46.4 Å². The molecule has 0 unspecified atom stereocenters.